The van der Waals surface area contributed by atoms with Crippen molar-refractivity contribution in [2.45, 2.75) is 20.4 Å². The Hall–Kier alpha value is -3.96. The topological polar surface area (TPSA) is 146 Å². The van der Waals surface area contributed by atoms with Gasteiger partial charge in [0.1, 0.15) is 12.9 Å². The average Bonchev–Trinajstić information content (AvgIpc) is 3.30. The highest BCUT2D eigenvalue weighted by atomic mass is 16.6. The maximum absolute atomic E-state index is 12.0. The Morgan fingerprint density at radius 1 is 1.33 bits per heavy atom. The summed E-state index contributed by atoms with van der Waals surface area (Å²) in [6, 6.07) is 8.58. The number of hydrogen-bond donors (Lipinski definition) is 1. The van der Waals surface area contributed by atoms with Gasteiger partial charge in [0, 0.05) is 0 Å². The van der Waals surface area contributed by atoms with Crippen LogP contribution in [0.1, 0.15) is 18.2 Å². The van der Waals surface area contributed by atoms with Crippen LogP contribution in [0.4, 0.5) is 5.82 Å². The number of aromatic nitrogens is 6. The van der Waals surface area contributed by atoms with Gasteiger partial charge in [-0.25, -0.2) is 10.1 Å². The van der Waals surface area contributed by atoms with E-state index in [2.05, 4.69) is 31.2 Å². The minimum absolute atomic E-state index is 0.172. The molecule has 12 heteroatoms. The Morgan fingerprint density at radius 2 is 2.07 bits per heavy atom. The van der Waals surface area contributed by atoms with Gasteiger partial charge in [0.15, 0.2) is 0 Å². The molecular weight excluding hydrogens is 354 g/mol. The third-order valence-corrected chi connectivity index (χ3v) is 3.70. The van der Waals surface area contributed by atoms with Gasteiger partial charge in [-0.2, -0.15) is 9.78 Å². The van der Waals surface area contributed by atoms with Gasteiger partial charge in [-0.3, -0.25) is 4.79 Å². The van der Waals surface area contributed by atoms with E-state index in [0.29, 0.717) is 11.4 Å². The van der Waals surface area contributed by atoms with Crippen LogP contribution in [-0.4, -0.2) is 46.5 Å². The zero-order valence-corrected chi connectivity index (χ0v) is 14.5. The van der Waals surface area contributed by atoms with Crippen molar-refractivity contribution in [3.05, 3.63) is 58.0 Å². The molecule has 2 heterocycles. The number of hydrazone groups is 1. The summed E-state index contributed by atoms with van der Waals surface area (Å²) in [6.45, 7) is 3.21. The van der Waals surface area contributed by atoms with Crippen LogP contribution in [0.5, 0.6) is 0 Å². The van der Waals surface area contributed by atoms with Gasteiger partial charge in [-0.15, -0.1) is 5.10 Å². The fraction of sp³-hybridized carbons (Fsp3) is 0.200. The van der Waals surface area contributed by atoms with Gasteiger partial charge in [0.05, 0.1) is 28.3 Å². The quantitative estimate of drug-likeness (QED) is 0.380. The standard InChI is InChI=1S/C15H15N9O3/c1-10-7-14(24(26)27)19-22(10)8-15(25)18-17-11(2)12-3-5-13(6-4-12)23-9-16-20-21-23/h3-7,9H,8H2,1-2H3,(H,18,25)/b17-11+. The number of benzene rings is 1. The van der Waals surface area contributed by atoms with Crippen LogP contribution in [0.15, 0.2) is 41.8 Å². The molecule has 2 aromatic heterocycles. The van der Waals surface area contributed by atoms with E-state index in [1.54, 1.807) is 13.8 Å². The number of amides is 1. The number of aryl methyl sites for hydroxylation is 1. The molecule has 0 bridgehead atoms. The van der Waals surface area contributed by atoms with Crippen molar-refractivity contribution in [2.24, 2.45) is 5.10 Å². The van der Waals surface area contributed by atoms with Crippen molar-refractivity contribution < 1.29 is 9.72 Å². The molecule has 27 heavy (non-hydrogen) atoms. The summed E-state index contributed by atoms with van der Waals surface area (Å²) in [6.07, 6.45) is 1.48. The molecule has 0 unspecified atom stereocenters. The van der Waals surface area contributed by atoms with E-state index in [-0.39, 0.29) is 12.4 Å². The summed E-state index contributed by atoms with van der Waals surface area (Å²) < 4.78 is 2.77. The lowest BCUT2D eigenvalue weighted by Crippen LogP contribution is -2.25. The number of carbonyl (C=O) groups is 1. The van der Waals surface area contributed by atoms with Crippen LogP contribution in [0.25, 0.3) is 5.69 Å². The van der Waals surface area contributed by atoms with Crippen LogP contribution in [-0.2, 0) is 11.3 Å². The Kier molecular flexibility index (Phi) is 4.97. The number of hydrogen-bond acceptors (Lipinski definition) is 8. The lowest BCUT2D eigenvalue weighted by Gasteiger charge is -2.04. The van der Waals surface area contributed by atoms with Gasteiger partial charge in [-0.05, 0) is 46.9 Å². The number of rotatable bonds is 6. The highest BCUT2D eigenvalue weighted by Gasteiger charge is 2.17. The van der Waals surface area contributed by atoms with Crippen LogP contribution < -0.4 is 5.43 Å². The monoisotopic (exact) mass is 369 g/mol. The average molecular weight is 369 g/mol. The molecule has 3 rings (SSSR count). The fourth-order valence-corrected chi connectivity index (χ4v) is 2.26. The third-order valence-electron chi connectivity index (χ3n) is 3.70. The third kappa shape index (κ3) is 4.18. The second-order valence-corrected chi connectivity index (χ2v) is 5.59. The molecule has 0 saturated carbocycles. The van der Waals surface area contributed by atoms with Gasteiger partial charge < -0.3 is 10.1 Å². The van der Waals surface area contributed by atoms with Crippen LogP contribution in [0, 0.1) is 17.0 Å². The summed E-state index contributed by atoms with van der Waals surface area (Å²) >= 11 is 0. The number of carbonyl (C=O) groups excluding carboxylic acids is 1. The number of tetrazole rings is 1. The minimum atomic E-state index is -0.608. The fourth-order valence-electron chi connectivity index (χ4n) is 2.26. The normalized spacial score (nSPS) is 11.4. The molecule has 0 atom stereocenters. The Morgan fingerprint density at radius 3 is 2.67 bits per heavy atom. The van der Waals surface area contributed by atoms with Crippen LogP contribution in [0.2, 0.25) is 0 Å². The largest absolute Gasteiger partial charge is 0.390 e. The highest BCUT2D eigenvalue weighted by Crippen LogP contribution is 2.11. The number of nitro groups is 1. The zero-order valence-electron chi connectivity index (χ0n) is 14.5. The van der Waals surface area contributed by atoms with E-state index in [0.717, 1.165) is 11.3 Å². The van der Waals surface area contributed by atoms with Gasteiger partial charge in [0.2, 0.25) is 0 Å². The van der Waals surface area contributed by atoms with Gasteiger partial charge in [0.25, 0.3) is 5.91 Å². The molecule has 1 amide bonds. The predicted molar refractivity (Wildman–Crippen MR) is 93.1 cm³/mol. The number of nitrogens with one attached hydrogen (secondary N) is 1. The number of nitrogens with zero attached hydrogens (tertiary/aromatic N) is 8. The summed E-state index contributed by atoms with van der Waals surface area (Å²) in [4.78, 5) is 22.1. The van der Waals surface area contributed by atoms with E-state index in [4.69, 9.17) is 0 Å². The van der Waals surface area contributed by atoms with Crippen molar-refractivity contribution >= 4 is 17.4 Å². The summed E-state index contributed by atoms with van der Waals surface area (Å²) in [5, 5.41) is 29.5. The van der Waals surface area contributed by atoms with Gasteiger partial charge >= 0.3 is 5.82 Å². The zero-order chi connectivity index (χ0) is 19.4. The molecule has 1 aromatic carbocycles. The Bertz CT molecular complexity index is 990. The first kappa shape index (κ1) is 17.8. The van der Waals surface area contributed by atoms with Crippen molar-refractivity contribution in [3.63, 3.8) is 0 Å². The molecule has 1 N–H and O–H groups in total. The van der Waals surface area contributed by atoms with E-state index in [1.807, 2.05) is 24.3 Å². The second kappa shape index (κ2) is 7.51. The molecule has 0 aliphatic carbocycles. The van der Waals surface area contributed by atoms with Crippen molar-refractivity contribution in [2.75, 3.05) is 0 Å². The first-order valence-electron chi connectivity index (χ1n) is 7.80. The molecule has 138 valence electrons. The highest BCUT2D eigenvalue weighted by molar-refractivity contribution is 5.99. The van der Waals surface area contributed by atoms with Crippen molar-refractivity contribution in [1.29, 1.82) is 0 Å². The summed E-state index contributed by atoms with van der Waals surface area (Å²) in [5.74, 6) is -0.747. The van der Waals surface area contributed by atoms with E-state index in [1.165, 1.54) is 21.8 Å². The summed E-state index contributed by atoms with van der Waals surface area (Å²) in [7, 11) is 0. The molecule has 0 spiro atoms. The molecule has 0 aliphatic rings. The maximum atomic E-state index is 12.0. The van der Waals surface area contributed by atoms with Crippen LogP contribution in [0.3, 0.4) is 0 Å². The first-order chi connectivity index (χ1) is 12.9. The smallest absolute Gasteiger partial charge is 0.358 e. The van der Waals surface area contributed by atoms with Crippen molar-refractivity contribution in [1.82, 2.24) is 35.4 Å². The van der Waals surface area contributed by atoms with E-state index in [9.17, 15) is 14.9 Å². The molecule has 12 nitrogen and oxygen atoms in total. The SMILES string of the molecule is C/C(=N\NC(=O)Cn1nc([N+](=O)[O-])cc1C)c1ccc(-n2cnnn2)cc1. The van der Waals surface area contributed by atoms with Gasteiger partial charge in [-0.1, -0.05) is 12.1 Å². The Labute approximate surface area is 152 Å². The molecule has 0 aliphatic heterocycles. The predicted octanol–water partition coefficient (Wildman–Crippen LogP) is 0.616. The minimum Gasteiger partial charge on any atom is -0.358 e. The summed E-state index contributed by atoms with van der Waals surface area (Å²) in [5.41, 5.74) is 5.11. The molecule has 0 saturated heterocycles. The first-order valence-corrected chi connectivity index (χ1v) is 7.80. The maximum Gasteiger partial charge on any atom is 0.390 e. The lowest BCUT2D eigenvalue weighted by atomic mass is 10.1. The molecule has 0 radical (unpaired) electrons. The molecule has 0 fully saturated rings. The van der Waals surface area contributed by atoms with Crippen LogP contribution >= 0.6 is 0 Å². The van der Waals surface area contributed by atoms with E-state index < -0.39 is 10.8 Å². The van der Waals surface area contributed by atoms with Crippen molar-refractivity contribution in [3.8, 4) is 5.69 Å². The molecule has 3 aromatic rings. The Balaban J connectivity index is 1.63. The van der Waals surface area contributed by atoms with E-state index >= 15 is 0 Å². The second-order valence-electron chi connectivity index (χ2n) is 5.59. The molecular formula is C15H15N9O3. The lowest BCUT2D eigenvalue weighted by molar-refractivity contribution is -0.389.